The monoisotopic (exact) mass is 449 g/mol. The quantitative estimate of drug-likeness (QED) is 0.731. The lowest BCUT2D eigenvalue weighted by molar-refractivity contribution is -0.117. The van der Waals surface area contributed by atoms with E-state index in [-0.39, 0.29) is 22.6 Å². The van der Waals surface area contributed by atoms with Crippen LogP contribution in [0.2, 0.25) is 0 Å². The number of carbonyl (C=O) groups excluding carboxylic acids is 1. The summed E-state index contributed by atoms with van der Waals surface area (Å²) in [4.78, 5) is 17.4. The Morgan fingerprint density at radius 1 is 1.15 bits per heavy atom. The number of nitrogens with one attached hydrogen (secondary N) is 2. The summed E-state index contributed by atoms with van der Waals surface area (Å²) in [7, 11) is -3.64. The predicted octanol–water partition coefficient (Wildman–Crippen LogP) is 3.54. The zero-order valence-corrected chi connectivity index (χ0v) is 17.3. The standard InChI is InChI=1S/C19H20BrN3O3S/c1-12(2)11-16(19(24)21-14-9-7-13(20)8-10-14)22-18-15-5-3-4-6-17(15)27(25,26)23-18/h3-10,12,16H,11H2,1-2H3,(H,21,24)(H,22,23). The number of nitrogens with zero attached hydrogens (tertiary/aromatic N) is 1. The first-order valence-corrected chi connectivity index (χ1v) is 10.8. The second kappa shape index (κ2) is 7.82. The molecule has 0 radical (unpaired) electrons. The summed E-state index contributed by atoms with van der Waals surface area (Å²) in [5.41, 5.74) is 1.15. The van der Waals surface area contributed by atoms with Crippen LogP contribution < -0.4 is 10.0 Å². The Morgan fingerprint density at radius 2 is 1.81 bits per heavy atom. The van der Waals surface area contributed by atoms with E-state index >= 15 is 0 Å². The van der Waals surface area contributed by atoms with Crippen LogP contribution in [0.4, 0.5) is 5.69 Å². The minimum Gasteiger partial charge on any atom is -0.324 e. The van der Waals surface area contributed by atoms with Gasteiger partial charge in [0.1, 0.15) is 11.9 Å². The average molecular weight is 450 g/mol. The van der Waals surface area contributed by atoms with Crippen LogP contribution in [0, 0.1) is 5.92 Å². The van der Waals surface area contributed by atoms with Gasteiger partial charge < -0.3 is 5.32 Å². The zero-order valence-electron chi connectivity index (χ0n) is 14.9. The molecule has 27 heavy (non-hydrogen) atoms. The molecule has 1 unspecified atom stereocenters. The molecule has 0 spiro atoms. The number of carbonyl (C=O) groups is 1. The molecule has 1 aliphatic rings. The molecule has 1 atom stereocenters. The topological polar surface area (TPSA) is 87.6 Å². The van der Waals surface area contributed by atoms with E-state index in [4.69, 9.17) is 0 Å². The van der Waals surface area contributed by atoms with E-state index in [0.29, 0.717) is 17.7 Å². The van der Waals surface area contributed by atoms with Gasteiger partial charge in [-0.3, -0.25) is 14.5 Å². The van der Waals surface area contributed by atoms with Gasteiger partial charge in [-0.15, -0.1) is 0 Å². The van der Waals surface area contributed by atoms with E-state index in [2.05, 4.69) is 31.0 Å². The van der Waals surface area contributed by atoms with Gasteiger partial charge in [0, 0.05) is 15.7 Å². The Kier molecular flexibility index (Phi) is 5.67. The first-order valence-electron chi connectivity index (χ1n) is 8.53. The highest BCUT2D eigenvalue weighted by molar-refractivity contribution is 9.10. The van der Waals surface area contributed by atoms with Crippen LogP contribution in [0.1, 0.15) is 25.8 Å². The molecule has 2 N–H and O–H groups in total. The SMILES string of the molecule is CC(C)CC(N=C1NS(=O)(=O)c2ccccc21)C(=O)Nc1ccc(Br)cc1. The van der Waals surface area contributed by atoms with E-state index in [9.17, 15) is 13.2 Å². The van der Waals surface area contributed by atoms with Crippen molar-refractivity contribution in [2.75, 3.05) is 5.32 Å². The molecule has 2 aromatic rings. The normalized spacial score (nSPS) is 17.4. The molecule has 6 nitrogen and oxygen atoms in total. The fourth-order valence-corrected chi connectivity index (χ4v) is 4.31. The van der Waals surface area contributed by atoms with Crippen molar-refractivity contribution >= 4 is 43.4 Å². The van der Waals surface area contributed by atoms with Crippen molar-refractivity contribution in [2.45, 2.75) is 31.2 Å². The van der Waals surface area contributed by atoms with Gasteiger partial charge in [0.2, 0.25) is 5.91 Å². The summed E-state index contributed by atoms with van der Waals surface area (Å²) in [6.45, 7) is 3.99. The van der Waals surface area contributed by atoms with Crippen molar-refractivity contribution in [3.05, 3.63) is 58.6 Å². The number of sulfonamides is 1. The highest BCUT2D eigenvalue weighted by Crippen LogP contribution is 2.24. The van der Waals surface area contributed by atoms with E-state index in [1.807, 2.05) is 26.0 Å². The number of anilines is 1. The second-order valence-corrected chi connectivity index (χ2v) is 9.29. The Morgan fingerprint density at radius 3 is 2.48 bits per heavy atom. The highest BCUT2D eigenvalue weighted by Gasteiger charge is 2.32. The highest BCUT2D eigenvalue weighted by atomic mass is 79.9. The van der Waals surface area contributed by atoms with E-state index < -0.39 is 16.1 Å². The lowest BCUT2D eigenvalue weighted by Gasteiger charge is -2.16. The summed E-state index contributed by atoms with van der Waals surface area (Å²) in [6.07, 6.45) is 0.496. The summed E-state index contributed by atoms with van der Waals surface area (Å²) in [5.74, 6) is 0.146. The predicted molar refractivity (Wildman–Crippen MR) is 109 cm³/mol. The molecule has 142 valence electrons. The van der Waals surface area contributed by atoms with Crippen LogP contribution in [-0.4, -0.2) is 26.2 Å². The molecule has 0 bridgehead atoms. The first-order chi connectivity index (χ1) is 12.8. The molecule has 0 saturated carbocycles. The summed E-state index contributed by atoms with van der Waals surface area (Å²) in [5, 5.41) is 2.85. The summed E-state index contributed by atoms with van der Waals surface area (Å²) < 4.78 is 27.9. The Bertz CT molecular complexity index is 986. The number of fused-ring (bicyclic) bond motifs is 1. The van der Waals surface area contributed by atoms with Gasteiger partial charge in [0.25, 0.3) is 10.0 Å². The fraction of sp³-hybridized carbons (Fsp3) is 0.263. The Hall–Kier alpha value is -2.19. The third-order valence-corrected chi connectivity index (χ3v) is 5.98. The van der Waals surface area contributed by atoms with Crippen molar-refractivity contribution < 1.29 is 13.2 Å². The molecule has 2 aromatic carbocycles. The van der Waals surface area contributed by atoms with Gasteiger partial charge in [0.15, 0.2) is 0 Å². The second-order valence-electron chi connectivity index (χ2n) is 6.72. The molecule has 3 rings (SSSR count). The zero-order chi connectivity index (χ0) is 19.6. The minimum atomic E-state index is -3.64. The van der Waals surface area contributed by atoms with Crippen molar-refractivity contribution in [3.8, 4) is 0 Å². The number of hydrogen-bond acceptors (Lipinski definition) is 4. The maximum Gasteiger partial charge on any atom is 0.263 e. The van der Waals surface area contributed by atoms with Crippen LogP contribution in [-0.2, 0) is 14.8 Å². The van der Waals surface area contributed by atoms with E-state index in [1.54, 1.807) is 30.3 Å². The van der Waals surface area contributed by atoms with Crippen LogP contribution in [0.15, 0.2) is 62.9 Å². The molecule has 1 heterocycles. The number of rotatable bonds is 5. The van der Waals surface area contributed by atoms with Gasteiger partial charge in [-0.2, -0.15) is 0 Å². The maximum atomic E-state index is 12.8. The van der Waals surface area contributed by atoms with Crippen LogP contribution in [0.5, 0.6) is 0 Å². The number of halogens is 1. The van der Waals surface area contributed by atoms with Crippen LogP contribution in [0.25, 0.3) is 0 Å². The van der Waals surface area contributed by atoms with Crippen molar-refractivity contribution in [1.82, 2.24) is 4.72 Å². The first kappa shape index (κ1) is 19.6. The molecule has 1 aliphatic heterocycles. The number of amidine groups is 1. The smallest absolute Gasteiger partial charge is 0.263 e. The molecular formula is C19H20BrN3O3S. The van der Waals surface area contributed by atoms with Gasteiger partial charge >= 0.3 is 0 Å². The summed E-state index contributed by atoms with van der Waals surface area (Å²) in [6, 6.07) is 13.1. The number of aliphatic imine (C=N–C) groups is 1. The molecule has 0 saturated heterocycles. The largest absolute Gasteiger partial charge is 0.324 e. The molecule has 0 aliphatic carbocycles. The molecule has 0 fully saturated rings. The van der Waals surface area contributed by atoms with Gasteiger partial charge in [-0.25, -0.2) is 8.42 Å². The maximum absolute atomic E-state index is 12.8. The minimum absolute atomic E-state index is 0.181. The number of benzene rings is 2. The lowest BCUT2D eigenvalue weighted by Crippen LogP contribution is -2.31. The molecule has 0 aromatic heterocycles. The lowest BCUT2D eigenvalue weighted by atomic mass is 10.0. The Labute approximate surface area is 167 Å². The van der Waals surface area contributed by atoms with Crippen molar-refractivity contribution in [2.24, 2.45) is 10.9 Å². The van der Waals surface area contributed by atoms with Crippen molar-refractivity contribution in [3.63, 3.8) is 0 Å². The number of amides is 1. The molecular weight excluding hydrogens is 430 g/mol. The third kappa shape index (κ3) is 4.56. The van der Waals surface area contributed by atoms with E-state index in [1.165, 1.54) is 6.07 Å². The van der Waals surface area contributed by atoms with Crippen LogP contribution in [0.3, 0.4) is 0 Å². The molecule has 1 amide bonds. The van der Waals surface area contributed by atoms with Gasteiger partial charge in [0.05, 0.1) is 4.90 Å². The Balaban J connectivity index is 1.90. The fourth-order valence-electron chi connectivity index (χ4n) is 2.81. The summed E-state index contributed by atoms with van der Waals surface area (Å²) >= 11 is 3.36. The van der Waals surface area contributed by atoms with E-state index in [0.717, 1.165) is 4.47 Å². The van der Waals surface area contributed by atoms with Gasteiger partial charge in [-0.05, 0) is 48.7 Å². The van der Waals surface area contributed by atoms with Crippen LogP contribution >= 0.6 is 15.9 Å². The average Bonchev–Trinajstić information content (AvgIpc) is 2.87. The number of hydrogen-bond donors (Lipinski definition) is 2. The molecule has 8 heteroatoms. The third-order valence-electron chi connectivity index (χ3n) is 4.06. The van der Waals surface area contributed by atoms with Crippen molar-refractivity contribution in [1.29, 1.82) is 0 Å². The van der Waals surface area contributed by atoms with Gasteiger partial charge in [-0.1, -0.05) is 41.9 Å².